The Labute approximate surface area is 163 Å². The van der Waals surface area contributed by atoms with Crippen molar-refractivity contribution in [2.45, 2.75) is 71.4 Å². The number of benzene rings is 1. The van der Waals surface area contributed by atoms with E-state index in [1.54, 1.807) is 0 Å². The normalized spacial score (nSPS) is 21.0. The van der Waals surface area contributed by atoms with E-state index in [4.69, 9.17) is 0 Å². The van der Waals surface area contributed by atoms with E-state index in [0.29, 0.717) is 12.5 Å². The maximum absolute atomic E-state index is 12.4. The second-order valence-electron chi connectivity index (χ2n) is 8.34. The van der Waals surface area contributed by atoms with Crippen LogP contribution in [0.1, 0.15) is 64.9 Å². The Morgan fingerprint density at radius 1 is 1.07 bits per heavy atom. The lowest BCUT2D eigenvalue weighted by Gasteiger charge is -2.30. The first-order valence-corrected chi connectivity index (χ1v) is 10.3. The van der Waals surface area contributed by atoms with Crippen LogP contribution >= 0.6 is 0 Å². The minimum absolute atomic E-state index is 0.000758. The summed E-state index contributed by atoms with van der Waals surface area (Å²) in [6.07, 6.45) is 3.53. The molecule has 3 N–H and O–H groups in total. The molecule has 5 heteroatoms. The molecule has 1 aliphatic carbocycles. The van der Waals surface area contributed by atoms with Gasteiger partial charge in [0.2, 0.25) is 5.91 Å². The lowest BCUT2D eigenvalue weighted by molar-refractivity contribution is -0.126. The van der Waals surface area contributed by atoms with Crippen molar-refractivity contribution < 1.29 is 9.59 Å². The van der Waals surface area contributed by atoms with E-state index in [0.717, 1.165) is 25.7 Å². The highest BCUT2D eigenvalue weighted by atomic mass is 16.2. The molecule has 0 radical (unpaired) electrons. The van der Waals surface area contributed by atoms with Crippen molar-refractivity contribution in [3.8, 4) is 0 Å². The summed E-state index contributed by atoms with van der Waals surface area (Å²) < 4.78 is 0. The van der Waals surface area contributed by atoms with E-state index in [-0.39, 0.29) is 35.9 Å². The Hall–Kier alpha value is -2.04. The molecule has 150 valence electrons. The fourth-order valence-corrected chi connectivity index (χ4v) is 3.84. The summed E-state index contributed by atoms with van der Waals surface area (Å²) in [6, 6.07) is 10.4. The summed E-state index contributed by atoms with van der Waals surface area (Å²) in [4.78, 5) is 24.6. The van der Waals surface area contributed by atoms with Crippen molar-refractivity contribution in [3.63, 3.8) is 0 Å². The Morgan fingerprint density at radius 2 is 1.78 bits per heavy atom. The number of urea groups is 1. The Morgan fingerprint density at radius 3 is 2.41 bits per heavy atom. The van der Waals surface area contributed by atoms with Crippen LogP contribution in [-0.4, -0.2) is 30.6 Å². The van der Waals surface area contributed by atoms with Crippen LogP contribution in [0.25, 0.3) is 0 Å². The van der Waals surface area contributed by atoms with Crippen molar-refractivity contribution in [2.24, 2.45) is 11.8 Å². The topological polar surface area (TPSA) is 70.2 Å². The maximum Gasteiger partial charge on any atom is 0.315 e. The van der Waals surface area contributed by atoms with Gasteiger partial charge in [0, 0.05) is 30.5 Å². The molecule has 3 amide bonds. The van der Waals surface area contributed by atoms with Gasteiger partial charge < -0.3 is 16.0 Å². The van der Waals surface area contributed by atoms with Crippen molar-refractivity contribution in [3.05, 3.63) is 35.9 Å². The van der Waals surface area contributed by atoms with Crippen molar-refractivity contribution in [1.82, 2.24) is 16.0 Å². The molecule has 5 nitrogen and oxygen atoms in total. The quantitative estimate of drug-likeness (QED) is 0.680. The van der Waals surface area contributed by atoms with E-state index in [1.165, 1.54) is 5.56 Å². The molecule has 1 aliphatic rings. The standard InChI is InChI=1S/C22H35N3O2/c1-15(2)20(17-9-6-5-7-10-17)14-23-22(27)25-19-12-8-11-18(13-19)21(26)24-16(3)4/h5-7,9-10,15-16,18-20H,8,11-14H2,1-4H3,(H,24,26)(H2,23,25,27). The van der Waals surface area contributed by atoms with E-state index in [1.807, 2.05) is 32.0 Å². The number of hydrogen-bond acceptors (Lipinski definition) is 2. The van der Waals surface area contributed by atoms with E-state index in [2.05, 4.69) is 41.9 Å². The molecule has 2 rings (SSSR count). The Bertz CT molecular complexity index is 601. The third kappa shape index (κ3) is 6.89. The zero-order valence-electron chi connectivity index (χ0n) is 17.1. The molecule has 1 saturated carbocycles. The minimum Gasteiger partial charge on any atom is -0.354 e. The molecular formula is C22H35N3O2. The predicted octanol–water partition coefficient (Wildman–Crippen LogP) is 3.81. The van der Waals surface area contributed by atoms with E-state index in [9.17, 15) is 9.59 Å². The average molecular weight is 374 g/mol. The highest BCUT2D eigenvalue weighted by Crippen LogP contribution is 2.25. The van der Waals surface area contributed by atoms with Gasteiger partial charge in [-0.25, -0.2) is 4.79 Å². The van der Waals surface area contributed by atoms with Gasteiger partial charge >= 0.3 is 6.03 Å². The van der Waals surface area contributed by atoms with Crippen molar-refractivity contribution >= 4 is 11.9 Å². The molecule has 3 unspecified atom stereocenters. The Balaban J connectivity index is 1.83. The van der Waals surface area contributed by atoms with Crippen LogP contribution in [0.2, 0.25) is 0 Å². The van der Waals surface area contributed by atoms with Gasteiger partial charge in [-0.3, -0.25) is 4.79 Å². The smallest absolute Gasteiger partial charge is 0.315 e. The average Bonchev–Trinajstić information content (AvgIpc) is 2.62. The molecule has 0 saturated heterocycles. The second-order valence-corrected chi connectivity index (χ2v) is 8.34. The molecule has 27 heavy (non-hydrogen) atoms. The molecular weight excluding hydrogens is 338 g/mol. The lowest BCUT2D eigenvalue weighted by Crippen LogP contribution is -2.47. The number of carbonyl (C=O) groups is 2. The van der Waals surface area contributed by atoms with Gasteiger partial charge in [0.1, 0.15) is 0 Å². The predicted molar refractivity (Wildman–Crippen MR) is 110 cm³/mol. The maximum atomic E-state index is 12.4. The summed E-state index contributed by atoms with van der Waals surface area (Å²) in [6.45, 7) is 8.91. The highest BCUT2D eigenvalue weighted by molar-refractivity contribution is 5.79. The largest absolute Gasteiger partial charge is 0.354 e. The summed E-state index contributed by atoms with van der Waals surface area (Å²) >= 11 is 0. The van der Waals surface area contributed by atoms with Crippen LogP contribution in [0.3, 0.4) is 0 Å². The molecule has 1 aromatic carbocycles. The molecule has 1 aromatic rings. The summed E-state index contributed by atoms with van der Waals surface area (Å²) in [5, 5.41) is 9.10. The fourth-order valence-electron chi connectivity index (χ4n) is 3.84. The summed E-state index contributed by atoms with van der Waals surface area (Å²) in [7, 11) is 0. The highest BCUT2D eigenvalue weighted by Gasteiger charge is 2.28. The zero-order chi connectivity index (χ0) is 19.8. The fraction of sp³-hybridized carbons (Fsp3) is 0.636. The van der Waals surface area contributed by atoms with Gasteiger partial charge in [0.05, 0.1) is 0 Å². The van der Waals surface area contributed by atoms with Crippen LogP contribution in [0.5, 0.6) is 0 Å². The number of rotatable bonds is 7. The van der Waals surface area contributed by atoms with Gasteiger partial charge in [0.15, 0.2) is 0 Å². The molecule has 1 fully saturated rings. The number of hydrogen-bond donors (Lipinski definition) is 3. The van der Waals surface area contributed by atoms with Gasteiger partial charge in [-0.05, 0) is 44.6 Å². The van der Waals surface area contributed by atoms with E-state index >= 15 is 0 Å². The lowest BCUT2D eigenvalue weighted by atomic mass is 9.85. The molecule has 0 spiro atoms. The molecule has 3 atom stereocenters. The first-order chi connectivity index (χ1) is 12.9. The minimum atomic E-state index is -0.133. The number of amides is 3. The van der Waals surface area contributed by atoms with Crippen LogP contribution in [0.15, 0.2) is 30.3 Å². The van der Waals surface area contributed by atoms with Crippen LogP contribution in [0, 0.1) is 11.8 Å². The van der Waals surface area contributed by atoms with Gasteiger partial charge in [0.25, 0.3) is 0 Å². The zero-order valence-corrected chi connectivity index (χ0v) is 17.1. The molecule has 0 heterocycles. The molecule has 0 aromatic heterocycles. The van der Waals surface area contributed by atoms with Crippen molar-refractivity contribution in [2.75, 3.05) is 6.54 Å². The summed E-state index contributed by atoms with van der Waals surface area (Å²) in [5.74, 6) is 0.833. The van der Waals surface area contributed by atoms with Crippen LogP contribution in [-0.2, 0) is 4.79 Å². The third-order valence-corrected chi connectivity index (χ3v) is 5.33. The number of carbonyl (C=O) groups excluding carboxylic acids is 2. The monoisotopic (exact) mass is 373 g/mol. The Kier molecular flexibility index (Phi) is 8.14. The first-order valence-electron chi connectivity index (χ1n) is 10.3. The van der Waals surface area contributed by atoms with E-state index < -0.39 is 0 Å². The molecule has 0 bridgehead atoms. The molecule has 0 aliphatic heterocycles. The first kappa shape index (κ1) is 21.3. The van der Waals surface area contributed by atoms with Gasteiger partial charge in [-0.2, -0.15) is 0 Å². The number of nitrogens with one attached hydrogen (secondary N) is 3. The second kappa shape index (κ2) is 10.3. The van der Waals surface area contributed by atoms with Crippen molar-refractivity contribution in [1.29, 1.82) is 0 Å². The third-order valence-electron chi connectivity index (χ3n) is 5.33. The van der Waals surface area contributed by atoms with Crippen LogP contribution in [0.4, 0.5) is 4.79 Å². The van der Waals surface area contributed by atoms with Crippen LogP contribution < -0.4 is 16.0 Å². The summed E-state index contributed by atoms with van der Waals surface area (Å²) in [5.41, 5.74) is 1.25. The van der Waals surface area contributed by atoms with Gasteiger partial charge in [-0.1, -0.05) is 50.6 Å². The van der Waals surface area contributed by atoms with Gasteiger partial charge in [-0.15, -0.1) is 0 Å². The SMILES string of the molecule is CC(C)NC(=O)C1CCCC(NC(=O)NCC(c2ccccc2)C(C)C)C1.